The third-order valence-corrected chi connectivity index (χ3v) is 10.6. The fourth-order valence-corrected chi connectivity index (χ4v) is 7.62. The quantitative estimate of drug-likeness (QED) is 0.163. The molecule has 3 heterocycles. The topological polar surface area (TPSA) is 38.9 Å². The van der Waals surface area contributed by atoms with E-state index in [9.17, 15) is 0 Å². The summed E-state index contributed by atoms with van der Waals surface area (Å²) in [6, 6.07) is 45.0. The summed E-state index contributed by atoms with van der Waals surface area (Å²) in [5, 5.41) is 4.78. The van der Waals surface area contributed by atoms with E-state index in [0.29, 0.717) is 0 Å². The number of para-hydroxylation sites is 1. The van der Waals surface area contributed by atoms with Crippen molar-refractivity contribution < 1.29 is 24.5 Å². The normalized spacial score (nSPS) is 13.3. The third-order valence-electron chi connectivity index (χ3n) is 10.6. The van der Waals surface area contributed by atoms with Crippen LogP contribution in [0.25, 0.3) is 66.4 Å². The number of pyridine rings is 2. The van der Waals surface area contributed by atoms with Gasteiger partial charge in [0.15, 0.2) is 0 Å². The van der Waals surface area contributed by atoms with Gasteiger partial charge in [0.2, 0.25) is 0 Å². The fourth-order valence-electron chi connectivity index (χ4n) is 7.62. The summed E-state index contributed by atoms with van der Waals surface area (Å²) < 4.78 is 6.34. The molecule has 0 bridgehead atoms. The summed E-state index contributed by atoms with van der Waals surface area (Å²) >= 11 is 0. The summed E-state index contributed by atoms with van der Waals surface area (Å²) in [7, 11) is 0. The van der Waals surface area contributed by atoms with Crippen LogP contribution >= 0.6 is 0 Å². The van der Waals surface area contributed by atoms with Gasteiger partial charge in [-0.15, -0.1) is 53.6 Å². The Balaban J connectivity index is 0.000000180. The van der Waals surface area contributed by atoms with Gasteiger partial charge in [0, 0.05) is 43.3 Å². The van der Waals surface area contributed by atoms with Crippen LogP contribution in [0, 0.1) is 12.1 Å². The van der Waals surface area contributed by atoms with Gasteiger partial charge in [-0.2, -0.15) is 0 Å². The van der Waals surface area contributed by atoms with E-state index < -0.39 is 0 Å². The number of hydrogen-bond acceptors (Lipinski definition) is 3. The average molecular weight is 869 g/mol. The van der Waals surface area contributed by atoms with Crippen LogP contribution < -0.4 is 0 Å². The second-order valence-electron chi connectivity index (χ2n) is 16.5. The molecule has 5 aromatic carbocycles. The number of fused-ring (bicyclic) bond motifs is 8. The molecular weight excluding hydrogens is 825 g/mol. The minimum atomic E-state index is -0.180. The van der Waals surface area contributed by atoms with Crippen LogP contribution in [0.1, 0.15) is 77.6 Å². The Labute approximate surface area is 326 Å². The molecule has 0 saturated heterocycles. The first-order valence-corrected chi connectivity index (χ1v) is 18.2. The average Bonchev–Trinajstić information content (AvgIpc) is 3.64. The molecular formula is C49H44IrN2O-2. The SMILES string of the molecule is CC(C)(C)c1c[c-]c(-c2ccc(C(C)(C)C)cn2)cc1.CC1(C)c2ccc3ccccc3c2-c2ccnc(-c3[c-]ccc4c3oc3ccccc34)c21.[Ir]. The first-order valence-electron chi connectivity index (χ1n) is 18.2. The van der Waals surface area contributed by atoms with Crippen molar-refractivity contribution in [1.29, 1.82) is 0 Å². The van der Waals surface area contributed by atoms with Crippen LogP contribution in [-0.4, -0.2) is 9.97 Å². The van der Waals surface area contributed by atoms with Crippen molar-refractivity contribution in [3.8, 4) is 33.6 Å². The van der Waals surface area contributed by atoms with Crippen LogP contribution in [-0.2, 0) is 36.4 Å². The van der Waals surface area contributed by atoms with Crippen LogP contribution in [0.4, 0.5) is 0 Å². The van der Waals surface area contributed by atoms with Gasteiger partial charge >= 0.3 is 0 Å². The van der Waals surface area contributed by atoms with Crippen molar-refractivity contribution in [3.63, 3.8) is 0 Å². The Morgan fingerprint density at radius 1 is 0.660 bits per heavy atom. The van der Waals surface area contributed by atoms with E-state index in [0.717, 1.165) is 44.5 Å². The largest absolute Gasteiger partial charge is 0.501 e. The van der Waals surface area contributed by atoms with E-state index in [2.05, 4.69) is 164 Å². The molecule has 0 saturated carbocycles. The molecule has 267 valence electrons. The standard InChI is InChI=1S/C30H20NO.C19H24N.Ir/c1-30(2)24-15-14-18-8-3-4-9-19(18)26(24)22-16-17-31-28(27(22)30)23-12-7-11-21-20-10-5-6-13-25(20)32-29(21)23;1-18(2,3)15-9-7-14(8-10-15)17-12-11-16(13-20-17)19(4,5)6;/h3-11,13-17H,1-2H3;7,9-13H,1-6H3;/q2*-1;. The number of nitrogens with zero attached hydrogens (tertiary/aromatic N) is 2. The number of benzene rings is 5. The predicted octanol–water partition coefficient (Wildman–Crippen LogP) is 13.0. The maximum absolute atomic E-state index is 6.34. The van der Waals surface area contributed by atoms with Gasteiger partial charge in [0.05, 0.1) is 5.58 Å². The predicted molar refractivity (Wildman–Crippen MR) is 217 cm³/mol. The first kappa shape index (κ1) is 36.5. The van der Waals surface area contributed by atoms with Crippen molar-refractivity contribution in [2.75, 3.05) is 0 Å². The van der Waals surface area contributed by atoms with E-state index in [4.69, 9.17) is 9.40 Å². The van der Waals surface area contributed by atoms with Gasteiger partial charge in [-0.05, 0) is 72.9 Å². The van der Waals surface area contributed by atoms with Gasteiger partial charge in [-0.1, -0.05) is 133 Å². The monoisotopic (exact) mass is 869 g/mol. The Morgan fingerprint density at radius 3 is 2.08 bits per heavy atom. The Morgan fingerprint density at radius 2 is 1.38 bits per heavy atom. The van der Waals surface area contributed by atoms with Crippen LogP contribution in [0.2, 0.25) is 0 Å². The molecule has 1 aliphatic rings. The third kappa shape index (κ3) is 6.43. The Bertz CT molecular complexity index is 2540. The van der Waals surface area contributed by atoms with Gasteiger partial charge < -0.3 is 14.4 Å². The van der Waals surface area contributed by atoms with Crippen molar-refractivity contribution in [2.45, 2.75) is 71.6 Å². The van der Waals surface area contributed by atoms with Crippen molar-refractivity contribution >= 4 is 32.7 Å². The molecule has 8 aromatic rings. The number of hydrogen-bond donors (Lipinski definition) is 0. The Hall–Kier alpha value is -4.89. The van der Waals surface area contributed by atoms with Gasteiger partial charge in [0.1, 0.15) is 5.58 Å². The van der Waals surface area contributed by atoms with Crippen LogP contribution in [0.15, 0.2) is 126 Å². The molecule has 3 nitrogen and oxygen atoms in total. The zero-order valence-electron chi connectivity index (χ0n) is 31.7. The van der Waals surface area contributed by atoms with E-state index in [-0.39, 0.29) is 36.4 Å². The Kier molecular flexibility index (Phi) is 9.29. The fraction of sp³-hybridized carbons (Fsp3) is 0.224. The zero-order chi connectivity index (χ0) is 36.4. The molecule has 0 N–H and O–H groups in total. The van der Waals surface area contributed by atoms with Gasteiger partial charge in [0.25, 0.3) is 0 Å². The number of rotatable bonds is 2. The minimum absolute atomic E-state index is 0. The minimum Gasteiger partial charge on any atom is -0.501 e. The number of furan rings is 1. The van der Waals surface area contributed by atoms with Crippen molar-refractivity contribution in [2.24, 2.45) is 0 Å². The molecule has 3 aromatic heterocycles. The van der Waals surface area contributed by atoms with E-state index >= 15 is 0 Å². The zero-order valence-corrected chi connectivity index (χ0v) is 34.1. The summed E-state index contributed by atoms with van der Waals surface area (Å²) in [5.41, 5.74) is 13.5. The van der Waals surface area contributed by atoms with Crippen LogP contribution in [0.3, 0.4) is 0 Å². The molecule has 0 aliphatic heterocycles. The molecule has 0 atom stereocenters. The van der Waals surface area contributed by atoms with Crippen molar-refractivity contribution in [3.05, 3.63) is 156 Å². The molecule has 53 heavy (non-hydrogen) atoms. The summed E-state index contributed by atoms with van der Waals surface area (Å²) in [5.74, 6) is 0. The second kappa shape index (κ2) is 13.5. The van der Waals surface area contributed by atoms with E-state index in [1.807, 2.05) is 30.6 Å². The molecule has 4 heteroatoms. The molecule has 1 aliphatic carbocycles. The second-order valence-corrected chi connectivity index (χ2v) is 16.5. The van der Waals surface area contributed by atoms with Gasteiger partial charge in [-0.25, -0.2) is 0 Å². The molecule has 0 amide bonds. The molecule has 9 rings (SSSR count). The smallest absolute Gasteiger partial charge is 0.120 e. The first-order chi connectivity index (χ1) is 24.8. The van der Waals surface area contributed by atoms with Gasteiger partial charge in [-0.3, -0.25) is 0 Å². The maximum Gasteiger partial charge on any atom is 0.120 e. The molecule has 0 unspecified atom stereocenters. The summed E-state index contributed by atoms with van der Waals surface area (Å²) in [4.78, 5) is 9.48. The van der Waals surface area contributed by atoms with Crippen molar-refractivity contribution in [1.82, 2.24) is 9.97 Å². The summed E-state index contributed by atoms with van der Waals surface area (Å²) in [6.45, 7) is 17.9. The summed E-state index contributed by atoms with van der Waals surface area (Å²) in [6.07, 6.45) is 3.90. The molecule has 1 radical (unpaired) electrons. The molecule has 0 spiro atoms. The molecule has 0 fully saturated rings. The maximum atomic E-state index is 6.34. The van der Waals surface area contributed by atoms with Crippen LogP contribution in [0.5, 0.6) is 0 Å². The van der Waals surface area contributed by atoms with E-state index in [1.54, 1.807) is 0 Å². The number of aromatic nitrogens is 2. The van der Waals surface area contributed by atoms with E-state index in [1.165, 1.54) is 44.2 Å².